The van der Waals surface area contributed by atoms with Crippen molar-refractivity contribution in [3.8, 4) is 6.07 Å². The van der Waals surface area contributed by atoms with Crippen molar-refractivity contribution in [3.05, 3.63) is 62.9 Å². The van der Waals surface area contributed by atoms with Crippen molar-refractivity contribution in [1.82, 2.24) is 4.98 Å². The van der Waals surface area contributed by atoms with Crippen molar-refractivity contribution in [2.75, 3.05) is 0 Å². The molecule has 2 rings (SSSR count). The monoisotopic (exact) mass is 314 g/mol. The van der Waals surface area contributed by atoms with Gasteiger partial charge in [-0.25, -0.2) is 0 Å². The van der Waals surface area contributed by atoms with Crippen LogP contribution in [0, 0.1) is 18.3 Å². The fraction of sp³-hybridized carbons (Fsp3) is 0.188. The first kappa shape index (κ1) is 15.9. The highest BCUT2D eigenvalue weighted by atomic mass is 32.2. The molecular formula is C16H14N2O3S. The highest BCUT2D eigenvalue weighted by molar-refractivity contribution is 7.98. The predicted octanol–water partition coefficient (Wildman–Crippen LogP) is 2.47. The van der Waals surface area contributed by atoms with E-state index in [-0.39, 0.29) is 12.0 Å². The van der Waals surface area contributed by atoms with E-state index in [0.717, 1.165) is 11.1 Å². The zero-order chi connectivity index (χ0) is 16.1. The molecule has 0 amide bonds. The lowest BCUT2D eigenvalue weighted by Crippen LogP contribution is -2.08. The van der Waals surface area contributed by atoms with Gasteiger partial charge < -0.3 is 10.1 Å². The number of aromatic nitrogens is 1. The minimum Gasteiger partial charge on any atom is -0.481 e. The zero-order valence-corrected chi connectivity index (χ0v) is 12.7. The molecule has 2 aromatic rings. The fourth-order valence-electron chi connectivity index (χ4n) is 2.07. The molecule has 0 aliphatic heterocycles. The van der Waals surface area contributed by atoms with Crippen molar-refractivity contribution < 1.29 is 9.90 Å². The molecule has 0 saturated carbocycles. The molecule has 112 valence electrons. The van der Waals surface area contributed by atoms with Gasteiger partial charge in [0.1, 0.15) is 6.07 Å². The van der Waals surface area contributed by atoms with Gasteiger partial charge in [-0.2, -0.15) is 5.26 Å². The molecule has 0 unspecified atom stereocenters. The standard InChI is InChI=1S/C16H14N2O3S/c1-10-5-14(19)18-16(13(10)8-17)22-9-12-4-2-3-11(6-12)7-15(20)21/h2-6H,7,9H2,1H3,(H,18,19)(H,20,21). The van der Waals surface area contributed by atoms with Crippen LogP contribution in [0.3, 0.4) is 0 Å². The van der Waals surface area contributed by atoms with Crippen LogP contribution in [0.4, 0.5) is 0 Å². The molecule has 2 N–H and O–H groups in total. The normalized spacial score (nSPS) is 10.2. The van der Waals surface area contributed by atoms with Crippen LogP contribution in [0.2, 0.25) is 0 Å². The Kier molecular flexibility index (Phi) is 5.02. The first-order chi connectivity index (χ1) is 10.5. The lowest BCUT2D eigenvalue weighted by molar-refractivity contribution is -0.136. The number of hydrogen-bond acceptors (Lipinski definition) is 4. The Morgan fingerprint density at radius 3 is 2.77 bits per heavy atom. The van der Waals surface area contributed by atoms with Crippen molar-refractivity contribution in [2.24, 2.45) is 0 Å². The summed E-state index contributed by atoms with van der Waals surface area (Å²) in [6.07, 6.45) is -0.0246. The van der Waals surface area contributed by atoms with E-state index in [1.807, 2.05) is 12.1 Å². The molecule has 5 nitrogen and oxygen atoms in total. The van der Waals surface area contributed by atoms with E-state index in [9.17, 15) is 14.9 Å². The maximum Gasteiger partial charge on any atom is 0.307 e. The molecular weight excluding hydrogens is 300 g/mol. The molecule has 0 bridgehead atoms. The van der Waals surface area contributed by atoms with Gasteiger partial charge in [-0.3, -0.25) is 9.59 Å². The van der Waals surface area contributed by atoms with Gasteiger partial charge >= 0.3 is 5.97 Å². The Labute approximate surface area is 131 Å². The molecule has 0 spiro atoms. The van der Waals surface area contributed by atoms with Crippen molar-refractivity contribution in [1.29, 1.82) is 5.26 Å². The summed E-state index contributed by atoms with van der Waals surface area (Å²) in [5, 5.41) is 18.5. The quantitative estimate of drug-likeness (QED) is 0.827. The minimum absolute atomic E-state index is 0.0246. The largest absolute Gasteiger partial charge is 0.481 e. The van der Waals surface area contributed by atoms with Crippen LogP contribution in [0.5, 0.6) is 0 Å². The van der Waals surface area contributed by atoms with Gasteiger partial charge in [0.25, 0.3) is 0 Å². The minimum atomic E-state index is -0.875. The summed E-state index contributed by atoms with van der Waals surface area (Å²) in [6, 6.07) is 10.8. The van der Waals surface area contributed by atoms with E-state index in [2.05, 4.69) is 11.1 Å². The number of H-pyrrole nitrogens is 1. The van der Waals surface area contributed by atoms with E-state index in [1.165, 1.54) is 17.8 Å². The SMILES string of the molecule is Cc1cc(=O)[nH]c(SCc2cccc(CC(=O)O)c2)c1C#N. The van der Waals surface area contributed by atoms with Crippen molar-refractivity contribution >= 4 is 17.7 Å². The summed E-state index contributed by atoms with van der Waals surface area (Å²) < 4.78 is 0. The van der Waals surface area contributed by atoms with Crippen LogP contribution >= 0.6 is 11.8 Å². The number of aliphatic carboxylic acids is 1. The summed E-state index contributed by atoms with van der Waals surface area (Å²) in [4.78, 5) is 24.9. The van der Waals surface area contributed by atoms with Crippen LogP contribution < -0.4 is 5.56 Å². The highest BCUT2D eigenvalue weighted by Gasteiger charge is 2.09. The number of hydrogen-bond donors (Lipinski definition) is 2. The predicted molar refractivity (Wildman–Crippen MR) is 83.9 cm³/mol. The number of thioether (sulfide) groups is 1. The number of pyridine rings is 1. The smallest absolute Gasteiger partial charge is 0.307 e. The Morgan fingerprint density at radius 2 is 2.09 bits per heavy atom. The number of rotatable bonds is 5. The first-order valence-corrected chi connectivity index (χ1v) is 7.54. The summed E-state index contributed by atoms with van der Waals surface area (Å²) in [7, 11) is 0. The summed E-state index contributed by atoms with van der Waals surface area (Å²) >= 11 is 1.36. The van der Waals surface area contributed by atoms with Gasteiger partial charge in [0.15, 0.2) is 0 Å². The molecule has 1 aromatic carbocycles. The van der Waals surface area contributed by atoms with E-state index in [0.29, 0.717) is 21.9 Å². The van der Waals surface area contributed by atoms with E-state index >= 15 is 0 Å². The van der Waals surface area contributed by atoms with E-state index in [4.69, 9.17) is 5.11 Å². The molecule has 0 saturated heterocycles. The highest BCUT2D eigenvalue weighted by Crippen LogP contribution is 2.25. The number of aromatic amines is 1. The average molecular weight is 314 g/mol. The Bertz CT molecular complexity index is 806. The van der Waals surface area contributed by atoms with Crippen LogP contribution in [0.1, 0.15) is 22.3 Å². The lowest BCUT2D eigenvalue weighted by atomic mass is 10.1. The summed E-state index contributed by atoms with van der Waals surface area (Å²) in [5.74, 6) is -0.332. The van der Waals surface area contributed by atoms with Crippen LogP contribution in [0.25, 0.3) is 0 Å². The fourth-order valence-corrected chi connectivity index (χ4v) is 3.08. The maximum atomic E-state index is 11.5. The Balaban J connectivity index is 2.19. The van der Waals surface area contributed by atoms with Gasteiger partial charge in [0, 0.05) is 11.8 Å². The molecule has 0 fully saturated rings. The van der Waals surface area contributed by atoms with E-state index < -0.39 is 5.97 Å². The molecule has 0 radical (unpaired) electrons. The van der Waals surface area contributed by atoms with Gasteiger partial charge in [-0.15, -0.1) is 11.8 Å². The number of aryl methyl sites for hydroxylation is 1. The second-order valence-corrected chi connectivity index (χ2v) is 5.80. The molecule has 0 atom stereocenters. The van der Waals surface area contributed by atoms with Crippen LogP contribution in [0.15, 0.2) is 40.2 Å². The molecule has 1 aromatic heterocycles. The number of nitrogens with zero attached hydrogens (tertiary/aromatic N) is 1. The van der Waals surface area contributed by atoms with E-state index in [1.54, 1.807) is 19.1 Å². The number of nitriles is 1. The van der Waals surface area contributed by atoms with Gasteiger partial charge in [-0.1, -0.05) is 24.3 Å². The van der Waals surface area contributed by atoms with Crippen molar-refractivity contribution in [3.63, 3.8) is 0 Å². The second-order valence-electron chi connectivity index (χ2n) is 4.81. The summed E-state index contributed by atoms with van der Waals surface area (Å²) in [5.41, 5.74) is 2.54. The van der Waals surface area contributed by atoms with Crippen LogP contribution in [-0.2, 0) is 17.0 Å². The third-order valence-electron chi connectivity index (χ3n) is 3.05. The van der Waals surface area contributed by atoms with Gasteiger partial charge in [0.05, 0.1) is 17.0 Å². The zero-order valence-electron chi connectivity index (χ0n) is 11.9. The molecule has 0 aliphatic carbocycles. The topological polar surface area (TPSA) is 93.9 Å². The van der Waals surface area contributed by atoms with Crippen LogP contribution in [-0.4, -0.2) is 16.1 Å². The Morgan fingerprint density at radius 1 is 1.36 bits per heavy atom. The molecule has 0 aliphatic rings. The number of carboxylic acids is 1. The third kappa shape index (κ3) is 3.99. The molecule has 22 heavy (non-hydrogen) atoms. The number of carboxylic acid groups (broad SMARTS) is 1. The first-order valence-electron chi connectivity index (χ1n) is 6.56. The third-order valence-corrected chi connectivity index (χ3v) is 4.12. The molecule has 1 heterocycles. The number of carbonyl (C=O) groups is 1. The Hall–Kier alpha value is -2.52. The maximum absolute atomic E-state index is 11.5. The molecule has 6 heteroatoms. The number of benzene rings is 1. The van der Waals surface area contributed by atoms with Gasteiger partial charge in [-0.05, 0) is 23.6 Å². The average Bonchev–Trinajstić information content (AvgIpc) is 2.44. The van der Waals surface area contributed by atoms with Gasteiger partial charge in [0.2, 0.25) is 5.56 Å². The lowest BCUT2D eigenvalue weighted by Gasteiger charge is -2.07. The second kappa shape index (κ2) is 6.96. The van der Waals surface area contributed by atoms with Crippen molar-refractivity contribution in [2.45, 2.75) is 24.1 Å². The number of nitrogens with one attached hydrogen (secondary N) is 1. The summed E-state index contributed by atoms with van der Waals surface area (Å²) in [6.45, 7) is 1.73.